The predicted octanol–water partition coefficient (Wildman–Crippen LogP) is 3.33. The van der Waals surface area contributed by atoms with Crippen molar-refractivity contribution in [2.45, 2.75) is 32.7 Å². The molecule has 3 aromatic rings. The summed E-state index contributed by atoms with van der Waals surface area (Å²) in [4.78, 5) is 22.6. The van der Waals surface area contributed by atoms with Crippen LogP contribution in [0.5, 0.6) is 0 Å². The first kappa shape index (κ1) is 16.6. The van der Waals surface area contributed by atoms with Crippen LogP contribution < -0.4 is 10.2 Å². The van der Waals surface area contributed by atoms with E-state index in [-0.39, 0.29) is 5.91 Å². The molecule has 3 heterocycles. The first-order valence-electron chi connectivity index (χ1n) is 9.23. The second-order valence-electron chi connectivity index (χ2n) is 6.95. The molecule has 0 bridgehead atoms. The number of benzene rings is 1. The molecule has 0 radical (unpaired) electrons. The van der Waals surface area contributed by atoms with Crippen molar-refractivity contribution in [1.29, 1.82) is 0 Å². The molecule has 4 rings (SSSR count). The second-order valence-corrected chi connectivity index (χ2v) is 6.95. The van der Waals surface area contributed by atoms with Gasteiger partial charge in [0, 0.05) is 42.4 Å². The van der Waals surface area contributed by atoms with Crippen LogP contribution in [0.4, 0.5) is 5.82 Å². The molecular formula is C21H24N4O. The van der Waals surface area contributed by atoms with Gasteiger partial charge in [0.25, 0.3) is 0 Å². The van der Waals surface area contributed by atoms with E-state index in [0.717, 1.165) is 46.6 Å². The largest absolute Gasteiger partial charge is 0.358 e. The summed E-state index contributed by atoms with van der Waals surface area (Å²) in [6.07, 6.45) is 4.74. The van der Waals surface area contributed by atoms with Crippen LogP contribution in [0.25, 0.3) is 10.9 Å². The Kier molecular flexibility index (Phi) is 4.61. The topological polar surface area (TPSA) is 61.0 Å². The number of nitrogens with zero attached hydrogens (tertiary/aromatic N) is 2. The van der Waals surface area contributed by atoms with Crippen molar-refractivity contribution in [3.8, 4) is 0 Å². The summed E-state index contributed by atoms with van der Waals surface area (Å²) >= 11 is 0. The zero-order valence-electron chi connectivity index (χ0n) is 15.1. The van der Waals surface area contributed by atoms with E-state index in [9.17, 15) is 4.79 Å². The smallest absolute Gasteiger partial charge is 0.224 e. The lowest BCUT2D eigenvalue weighted by molar-refractivity contribution is -0.120. The summed E-state index contributed by atoms with van der Waals surface area (Å²) in [5.74, 6) is 1.06. The molecule has 1 aliphatic rings. The minimum absolute atomic E-state index is 0.0291. The Morgan fingerprint density at radius 1 is 1.19 bits per heavy atom. The lowest BCUT2D eigenvalue weighted by Gasteiger charge is -2.16. The number of anilines is 1. The van der Waals surface area contributed by atoms with Crippen LogP contribution in [-0.2, 0) is 17.8 Å². The van der Waals surface area contributed by atoms with Gasteiger partial charge in [-0.25, -0.2) is 4.98 Å². The number of hydrogen-bond donors (Lipinski definition) is 2. The molecule has 1 amide bonds. The molecule has 5 nitrogen and oxygen atoms in total. The monoisotopic (exact) mass is 348 g/mol. The number of nitrogens with one attached hydrogen (secondary N) is 2. The number of amides is 1. The van der Waals surface area contributed by atoms with Gasteiger partial charge in [0.1, 0.15) is 5.82 Å². The molecule has 26 heavy (non-hydrogen) atoms. The number of hydrogen-bond acceptors (Lipinski definition) is 3. The summed E-state index contributed by atoms with van der Waals surface area (Å²) in [5.41, 5.74) is 4.23. The van der Waals surface area contributed by atoms with Crippen molar-refractivity contribution < 1.29 is 4.79 Å². The van der Waals surface area contributed by atoms with E-state index in [2.05, 4.69) is 38.4 Å². The van der Waals surface area contributed by atoms with Crippen LogP contribution in [0.15, 0.2) is 42.6 Å². The van der Waals surface area contributed by atoms with Gasteiger partial charge >= 0.3 is 0 Å². The molecule has 2 aromatic heterocycles. The first-order valence-corrected chi connectivity index (χ1v) is 9.23. The zero-order chi connectivity index (χ0) is 17.9. The summed E-state index contributed by atoms with van der Waals surface area (Å²) in [6.45, 7) is 4.71. The van der Waals surface area contributed by atoms with E-state index < -0.39 is 0 Å². The van der Waals surface area contributed by atoms with Crippen LogP contribution in [0, 0.1) is 6.92 Å². The first-order chi connectivity index (χ1) is 12.7. The molecule has 1 aromatic carbocycles. The third-order valence-electron chi connectivity index (χ3n) is 5.09. The number of carbonyl (C=O) groups excluding carboxylic acids is 1. The fraction of sp³-hybridized carbons (Fsp3) is 0.333. The minimum atomic E-state index is 0.0291. The fourth-order valence-corrected chi connectivity index (χ4v) is 3.64. The SMILES string of the molecule is Cc1[nH]c2ccccc2c1CC(=O)NCc1ccc(N2CCCC2)nc1. The Hall–Kier alpha value is -2.82. The highest BCUT2D eigenvalue weighted by molar-refractivity contribution is 5.90. The van der Waals surface area contributed by atoms with E-state index in [4.69, 9.17) is 0 Å². The number of H-pyrrole nitrogens is 1. The number of aryl methyl sites for hydroxylation is 1. The molecule has 1 fully saturated rings. The van der Waals surface area contributed by atoms with Crippen LogP contribution in [-0.4, -0.2) is 29.0 Å². The van der Waals surface area contributed by atoms with Crippen LogP contribution >= 0.6 is 0 Å². The molecule has 5 heteroatoms. The summed E-state index contributed by atoms with van der Waals surface area (Å²) in [5, 5.41) is 4.13. The third-order valence-corrected chi connectivity index (χ3v) is 5.09. The molecule has 0 aliphatic carbocycles. The quantitative estimate of drug-likeness (QED) is 0.743. The van der Waals surface area contributed by atoms with Crippen LogP contribution in [0.2, 0.25) is 0 Å². The van der Waals surface area contributed by atoms with E-state index in [1.807, 2.05) is 31.3 Å². The number of carbonyl (C=O) groups is 1. The highest BCUT2D eigenvalue weighted by Gasteiger charge is 2.14. The minimum Gasteiger partial charge on any atom is -0.358 e. The molecule has 0 atom stereocenters. The van der Waals surface area contributed by atoms with Gasteiger partial charge in [-0.05, 0) is 43.0 Å². The van der Waals surface area contributed by atoms with Gasteiger partial charge in [-0.3, -0.25) is 4.79 Å². The average molecular weight is 348 g/mol. The van der Waals surface area contributed by atoms with Gasteiger partial charge in [0.05, 0.1) is 6.42 Å². The van der Waals surface area contributed by atoms with Crippen molar-refractivity contribution in [2.75, 3.05) is 18.0 Å². The second kappa shape index (κ2) is 7.20. The molecule has 2 N–H and O–H groups in total. The molecule has 1 aliphatic heterocycles. The molecule has 134 valence electrons. The Balaban J connectivity index is 1.37. The van der Waals surface area contributed by atoms with Gasteiger partial charge in [-0.15, -0.1) is 0 Å². The number of para-hydroxylation sites is 1. The van der Waals surface area contributed by atoms with E-state index >= 15 is 0 Å². The van der Waals surface area contributed by atoms with Crippen molar-refractivity contribution >= 4 is 22.6 Å². The van der Waals surface area contributed by atoms with E-state index in [1.165, 1.54) is 12.8 Å². The maximum Gasteiger partial charge on any atom is 0.224 e. The normalized spacial score (nSPS) is 14.1. The van der Waals surface area contributed by atoms with Gasteiger partial charge in [-0.1, -0.05) is 24.3 Å². The molecule has 1 saturated heterocycles. The Bertz CT molecular complexity index is 907. The lowest BCUT2D eigenvalue weighted by atomic mass is 10.1. The van der Waals surface area contributed by atoms with Gasteiger partial charge < -0.3 is 15.2 Å². The van der Waals surface area contributed by atoms with Gasteiger partial charge in [0.15, 0.2) is 0 Å². The van der Waals surface area contributed by atoms with Crippen molar-refractivity contribution in [3.63, 3.8) is 0 Å². The Labute approximate surface area is 153 Å². The Morgan fingerprint density at radius 2 is 2.00 bits per heavy atom. The highest BCUT2D eigenvalue weighted by atomic mass is 16.1. The maximum atomic E-state index is 12.4. The molecule has 0 saturated carbocycles. The van der Waals surface area contributed by atoms with Crippen molar-refractivity contribution in [2.24, 2.45) is 0 Å². The fourth-order valence-electron chi connectivity index (χ4n) is 3.64. The highest BCUT2D eigenvalue weighted by Crippen LogP contribution is 2.22. The summed E-state index contributed by atoms with van der Waals surface area (Å²) in [7, 11) is 0. The van der Waals surface area contributed by atoms with Gasteiger partial charge in [-0.2, -0.15) is 0 Å². The van der Waals surface area contributed by atoms with E-state index in [1.54, 1.807) is 0 Å². The Morgan fingerprint density at radius 3 is 2.77 bits per heavy atom. The number of pyridine rings is 1. The number of aromatic amines is 1. The number of rotatable bonds is 5. The van der Waals surface area contributed by atoms with Crippen LogP contribution in [0.3, 0.4) is 0 Å². The standard InChI is InChI=1S/C21H24N4O/c1-15-18(17-6-2-3-7-19(17)24-15)12-21(26)23-14-16-8-9-20(22-13-16)25-10-4-5-11-25/h2-3,6-9,13,24H,4-5,10-12,14H2,1H3,(H,23,26). The van der Waals surface area contributed by atoms with E-state index in [0.29, 0.717) is 13.0 Å². The van der Waals surface area contributed by atoms with Crippen molar-refractivity contribution in [1.82, 2.24) is 15.3 Å². The van der Waals surface area contributed by atoms with Crippen molar-refractivity contribution in [3.05, 3.63) is 59.4 Å². The summed E-state index contributed by atoms with van der Waals surface area (Å²) in [6, 6.07) is 12.2. The lowest BCUT2D eigenvalue weighted by Crippen LogP contribution is -2.25. The predicted molar refractivity (Wildman–Crippen MR) is 104 cm³/mol. The maximum absolute atomic E-state index is 12.4. The third kappa shape index (κ3) is 3.43. The molecular weight excluding hydrogens is 324 g/mol. The van der Waals surface area contributed by atoms with Crippen LogP contribution in [0.1, 0.15) is 29.7 Å². The number of fused-ring (bicyclic) bond motifs is 1. The number of aromatic nitrogens is 2. The molecule has 0 spiro atoms. The average Bonchev–Trinajstić information content (AvgIpc) is 3.29. The van der Waals surface area contributed by atoms with Gasteiger partial charge in [0.2, 0.25) is 5.91 Å². The zero-order valence-corrected chi connectivity index (χ0v) is 15.1. The summed E-state index contributed by atoms with van der Waals surface area (Å²) < 4.78 is 0. The molecule has 0 unspecified atom stereocenters.